The largest absolute Gasteiger partial charge is 0.465 e. The van der Waals surface area contributed by atoms with Crippen LogP contribution in [0.25, 0.3) is 0 Å². The lowest BCUT2D eigenvalue weighted by Crippen LogP contribution is -2.17. The molecule has 0 bridgehead atoms. The van der Waals surface area contributed by atoms with Gasteiger partial charge in [-0.1, -0.05) is 57.0 Å². The van der Waals surface area contributed by atoms with Gasteiger partial charge >= 0.3 is 5.97 Å². The van der Waals surface area contributed by atoms with Crippen LogP contribution in [-0.4, -0.2) is 12.6 Å². The first-order valence-electron chi connectivity index (χ1n) is 6.40. The van der Waals surface area contributed by atoms with Crippen molar-refractivity contribution in [3.8, 4) is 0 Å². The molecule has 0 aromatic heterocycles. The predicted octanol–water partition coefficient (Wildman–Crippen LogP) is 3.77. The number of esters is 1. The molecule has 0 heterocycles. The van der Waals surface area contributed by atoms with Crippen LogP contribution >= 0.6 is 0 Å². The van der Waals surface area contributed by atoms with Crippen LogP contribution in [0.15, 0.2) is 30.3 Å². The Kier molecular flexibility index (Phi) is 5.75. The van der Waals surface area contributed by atoms with Gasteiger partial charge in [-0.2, -0.15) is 0 Å². The molecule has 1 atom stereocenters. The topological polar surface area (TPSA) is 26.3 Å². The second kappa shape index (κ2) is 7.10. The highest BCUT2D eigenvalue weighted by molar-refractivity contribution is 5.77. The minimum Gasteiger partial charge on any atom is -0.465 e. The zero-order valence-electron chi connectivity index (χ0n) is 11.0. The number of ether oxygens (including phenoxy) is 1. The highest BCUT2D eigenvalue weighted by atomic mass is 16.5. The van der Waals surface area contributed by atoms with Crippen LogP contribution in [0.2, 0.25) is 0 Å². The minimum atomic E-state index is -0.175. The first kappa shape index (κ1) is 13.8. The van der Waals surface area contributed by atoms with Gasteiger partial charge in [-0.05, 0) is 18.4 Å². The average Bonchev–Trinajstić information content (AvgIpc) is 2.39. The van der Waals surface area contributed by atoms with Crippen molar-refractivity contribution in [1.29, 1.82) is 0 Å². The Morgan fingerprint density at radius 3 is 2.29 bits per heavy atom. The number of carbonyl (C=O) groups is 1. The first-order chi connectivity index (χ1) is 8.19. The summed E-state index contributed by atoms with van der Waals surface area (Å²) in [5.41, 5.74) is 1.02. The highest BCUT2D eigenvalue weighted by Crippen LogP contribution is 2.17. The molecular formula is C15H22O2. The summed E-state index contributed by atoms with van der Waals surface area (Å²) in [4.78, 5) is 11.9. The fourth-order valence-corrected chi connectivity index (χ4v) is 1.73. The van der Waals surface area contributed by atoms with Gasteiger partial charge < -0.3 is 4.74 Å². The van der Waals surface area contributed by atoms with Crippen molar-refractivity contribution < 1.29 is 9.53 Å². The molecule has 0 amide bonds. The van der Waals surface area contributed by atoms with E-state index in [2.05, 4.69) is 13.8 Å². The van der Waals surface area contributed by atoms with Crippen LogP contribution in [0.3, 0.4) is 0 Å². The van der Waals surface area contributed by atoms with Gasteiger partial charge in [0, 0.05) is 0 Å². The van der Waals surface area contributed by atoms with Crippen molar-refractivity contribution in [3.63, 3.8) is 0 Å². The van der Waals surface area contributed by atoms with E-state index in [1.54, 1.807) is 0 Å². The van der Waals surface area contributed by atoms with E-state index in [0.29, 0.717) is 12.5 Å². The van der Waals surface area contributed by atoms with Crippen LogP contribution in [-0.2, 0) is 9.53 Å². The summed E-state index contributed by atoms with van der Waals surface area (Å²) < 4.78 is 5.36. The van der Waals surface area contributed by atoms with Gasteiger partial charge in [-0.25, -0.2) is 0 Å². The molecule has 0 aliphatic rings. The van der Waals surface area contributed by atoms with E-state index in [1.165, 1.54) is 0 Å². The van der Waals surface area contributed by atoms with Crippen LogP contribution in [0.5, 0.6) is 0 Å². The lowest BCUT2D eigenvalue weighted by atomic mass is 10.0. The quantitative estimate of drug-likeness (QED) is 0.700. The summed E-state index contributed by atoms with van der Waals surface area (Å²) in [7, 11) is 0. The van der Waals surface area contributed by atoms with Crippen LogP contribution in [0.4, 0.5) is 0 Å². The van der Waals surface area contributed by atoms with Gasteiger partial charge in [0.25, 0.3) is 0 Å². The summed E-state index contributed by atoms with van der Waals surface area (Å²) in [6.45, 7) is 6.69. The fourth-order valence-electron chi connectivity index (χ4n) is 1.73. The van der Waals surface area contributed by atoms with Gasteiger partial charge in [-0.15, -0.1) is 0 Å². The Morgan fingerprint density at radius 2 is 1.76 bits per heavy atom. The van der Waals surface area contributed by atoms with Crippen LogP contribution in [0.1, 0.15) is 45.1 Å². The molecule has 1 aromatic rings. The van der Waals surface area contributed by atoms with Gasteiger partial charge in [0.1, 0.15) is 0 Å². The third-order valence-corrected chi connectivity index (χ3v) is 3.27. The molecule has 2 nitrogen and oxygen atoms in total. The third-order valence-electron chi connectivity index (χ3n) is 3.27. The molecule has 0 aliphatic heterocycles. The molecule has 1 unspecified atom stereocenters. The van der Waals surface area contributed by atoms with Crippen molar-refractivity contribution in [3.05, 3.63) is 35.9 Å². The van der Waals surface area contributed by atoms with E-state index in [1.807, 2.05) is 37.3 Å². The zero-order chi connectivity index (χ0) is 12.7. The normalized spacial score (nSPS) is 12.5. The maximum absolute atomic E-state index is 11.9. The van der Waals surface area contributed by atoms with Crippen molar-refractivity contribution in [2.24, 2.45) is 5.92 Å². The summed E-state index contributed by atoms with van der Waals surface area (Å²) in [6, 6.07) is 9.76. The van der Waals surface area contributed by atoms with Gasteiger partial charge in [-0.3, -0.25) is 4.79 Å². The van der Waals surface area contributed by atoms with E-state index in [4.69, 9.17) is 4.74 Å². The van der Waals surface area contributed by atoms with Crippen molar-refractivity contribution >= 4 is 5.97 Å². The molecule has 0 spiro atoms. The maximum atomic E-state index is 11.9. The fraction of sp³-hybridized carbons (Fsp3) is 0.533. The monoisotopic (exact) mass is 234 g/mol. The number of carbonyl (C=O) groups excluding carboxylic acids is 1. The van der Waals surface area contributed by atoms with Crippen LogP contribution < -0.4 is 0 Å². The molecule has 0 radical (unpaired) electrons. The van der Waals surface area contributed by atoms with Gasteiger partial charge in [0.2, 0.25) is 0 Å². The molecule has 1 rings (SSSR count). The third kappa shape index (κ3) is 4.22. The molecule has 0 N–H and O–H groups in total. The van der Waals surface area contributed by atoms with Crippen molar-refractivity contribution in [2.45, 2.75) is 39.5 Å². The highest BCUT2D eigenvalue weighted by Gasteiger charge is 2.17. The maximum Gasteiger partial charge on any atom is 0.313 e. The molecule has 1 aromatic carbocycles. The molecule has 2 heteroatoms. The second-order valence-electron chi connectivity index (χ2n) is 4.44. The summed E-state index contributed by atoms with van der Waals surface area (Å²) in [6.07, 6.45) is 2.12. The molecular weight excluding hydrogens is 212 g/mol. The number of rotatable bonds is 6. The van der Waals surface area contributed by atoms with E-state index >= 15 is 0 Å². The lowest BCUT2D eigenvalue weighted by Gasteiger charge is -2.15. The van der Waals surface area contributed by atoms with Gasteiger partial charge in [0.05, 0.1) is 12.5 Å². The van der Waals surface area contributed by atoms with E-state index < -0.39 is 0 Å². The first-order valence-corrected chi connectivity index (χ1v) is 6.40. The summed E-state index contributed by atoms with van der Waals surface area (Å²) in [5, 5.41) is 0. The molecule has 17 heavy (non-hydrogen) atoms. The van der Waals surface area contributed by atoms with E-state index in [0.717, 1.165) is 18.4 Å². The van der Waals surface area contributed by atoms with Crippen LogP contribution in [0, 0.1) is 5.92 Å². The zero-order valence-corrected chi connectivity index (χ0v) is 11.0. The predicted molar refractivity (Wildman–Crippen MR) is 69.9 cm³/mol. The molecule has 0 aliphatic carbocycles. The number of hydrogen-bond donors (Lipinski definition) is 0. The Labute approximate surface area is 104 Å². The Hall–Kier alpha value is -1.31. The Balaban J connectivity index is 2.48. The van der Waals surface area contributed by atoms with E-state index in [9.17, 15) is 4.79 Å². The lowest BCUT2D eigenvalue weighted by molar-refractivity contribution is -0.146. The van der Waals surface area contributed by atoms with Gasteiger partial charge in [0.15, 0.2) is 0 Å². The number of hydrogen-bond acceptors (Lipinski definition) is 2. The van der Waals surface area contributed by atoms with Crippen molar-refractivity contribution in [1.82, 2.24) is 0 Å². The minimum absolute atomic E-state index is 0.122. The number of benzene rings is 1. The van der Waals surface area contributed by atoms with Crippen molar-refractivity contribution in [2.75, 3.05) is 6.61 Å². The standard InChI is InChI=1S/C15H22O2/c1-4-13(5-2)11-17-15(16)12(3)14-9-7-6-8-10-14/h6-10,12-13H,4-5,11H2,1-3H3. The van der Waals surface area contributed by atoms with E-state index in [-0.39, 0.29) is 11.9 Å². The molecule has 0 fully saturated rings. The molecule has 94 valence electrons. The molecule has 0 saturated carbocycles. The Bertz CT molecular complexity index is 328. The molecule has 0 saturated heterocycles. The SMILES string of the molecule is CCC(CC)COC(=O)C(C)c1ccccc1. The Morgan fingerprint density at radius 1 is 1.18 bits per heavy atom. The summed E-state index contributed by atoms with van der Waals surface area (Å²) >= 11 is 0. The second-order valence-corrected chi connectivity index (χ2v) is 4.44. The summed E-state index contributed by atoms with van der Waals surface area (Å²) in [5.74, 6) is 0.190. The smallest absolute Gasteiger partial charge is 0.313 e. The average molecular weight is 234 g/mol.